The fourth-order valence-corrected chi connectivity index (χ4v) is 2.36. The summed E-state index contributed by atoms with van der Waals surface area (Å²) in [7, 11) is 0. The van der Waals surface area contributed by atoms with Crippen molar-refractivity contribution < 1.29 is 9.85 Å². The smallest absolute Gasteiger partial charge is 0.281 e. The van der Waals surface area contributed by atoms with E-state index in [-0.39, 0.29) is 17.9 Å². The third-order valence-electron chi connectivity index (χ3n) is 2.82. The predicted octanol–water partition coefficient (Wildman–Crippen LogP) is 3.72. The van der Waals surface area contributed by atoms with Gasteiger partial charge in [-0.15, -0.1) is 0 Å². The Labute approximate surface area is 133 Å². The van der Waals surface area contributed by atoms with Crippen molar-refractivity contribution in [3.8, 4) is 0 Å². The third kappa shape index (κ3) is 3.66. The number of nitro benzene ring substituents is 2. The summed E-state index contributed by atoms with van der Waals surface area (Å²) in [6.07, 6.45) is 0. The SMILES string of the molecule is O=[N+]([O-])c1ccc(CNc2ccccc2I)c([N+](=O)[O-])c1. The van der Waals surface area contributed by atoms with Gasteiger partial charge in [0.05, 0.1) is 15.9 Å². The van der Waals surface area contributed by atoms with Crippen molar-refractivity contribution in [2.45, 2.75) is 6.54 Å². The van der Waals surface area contributed by atoms with Crippen LogP contribution in [0, 0.1) is 23.8 Å². The number of nitro groups is 2. The minimum atomic E-state index is -0.648. The van der Waals surface area contributed by atoms with Gasteiger partial charge >= 0.3 is 0 Å². The zero-order valence-corrected chi connectivity index (χ0v) is 12.8. The molecule has 2 aromatic carbocycles. The zero-order valence-electron chi connectivity index (χ0n) is 10.7. The lowest BCUT2D eigenvalue weighted by Gasteiger charge is -2.08. The molecule has 7 nitrogen and oxygen atoms in total. The highest BCUT2D eigenvalue weighted by molar-refractivity contribution is 14.1. The van der Waals surface area contributed by atoms with Crippen LogP contribution in [0.4, 0.5) is 17.1 Å². The summed E-state index contributed by atoms with van der Waals surface area (Å²) in [5.41, 5.74) is 0.693. The minimum absolute atomic E-state index is 0.217. The maximum atomic E-state index is 11.0. The van der Waals surface area contributed by atoms with Crippen LogP contribution in [0.3, 0.4) is 0 Å². The topological polar surface area (TPSA) is 98.3 Å². The number of benzene rings is 2. The molecule has 0 aromatic heterocycles. The lowest BCUT2D eigenvalue weighted by atomic mass is 10.1. The van der Waals surface area contributed by atoms with Crippen LogP contribution in [0.2, 0.25) is 0 Å². The van der Waals surface area contributed by atoms with Gasteiger partial charge < -0.3 is 5.32 Å². The van der Waals surface area contributed by atoms with E-state index in [0.717, 1.165) is 15.3 Å². The maximum Gasteiger partial charge on any atom is 0.281 e. The van der Waals surface area contributed by atoms with E-state index in [9.17, 15) is 20.2 Å². The summed E-state index contributed by atoms with van der Waals surface area (Å²) in [5.74, 6) is 0. The van der Waals surface area contributed by atoms with Gasteiger partial charge in [0.15, 0.2) is 0 Å². The molecular formula is C13H10IN3O4. The number of nitrogens with zero attached hydrogens (tertiary/aromatic N) is 2. The molecule has 0 saturated heterocycles. The molecule has 21 heavy (non-hydrogen) atoms. The molecule has 0 aliphatic heterocycles. The molecule has 8 heteroatoms. The van der Waals surface area contributed by atoms with Crippen molar-refractivity contribution in [1.82, 2.24) is 0 Å². The van der Waals surface area contributed by atoms with Crippen LogP contribution in [0.25, 0.3) is 0 Å². The van der Waals surface area contributed by atoms with Crippen LogP contribution in [-0.2, 0) is 6.54 Å². The molecule has 0 aliphatic rings. The quantitative estimate of drug-likeness (QED) is 0.470. The Balaban J connectivity index is 2.26. The van der Waals surface area contributed by atoms with E-state index in [4.69, 9.17) is 0 Å². The number of hydrogen-bond acceptors (Lipinski definition) is 5. The van der Waals surface area contributed by atoms with Crippen LogP contribution in [-0.4, -0.2) is 9.85 Å². The molecule has 0 unspecified atom stereocenters. The van der Waals surface area contributed by atoms with Crippen LogP contribution in [0.5, 0.6) is 0 Å². The molecule has 0 aliphatic carbocycles. The molecule has 0 radical (unpaired) electrons. The molecule has 0 amide bonds. The Morgan fingerprint density at radius 3 is 2.38 bits per heavy atom. The largest absolute Gasteiger partial charge is 0.380 e. The second-order valence-corrected chi connectivity index (χ2v) is 5.32. The Bertz CT molecular complexity index is 706. The molecule has 1 N–H and O–H groups in total. The summed E-state index contributed by atoms with van der Waals surface area (Å²) in [4.78, 5) is 20.4. The van der Waals surface area contributed by atoms with Gasteiger partial charge in [-0.25, -0.2) is 0 Å². The standard InChI is InChI=1S/C13H10IN3O4/c14-11-3-1-2-4-12(11)15-8-9-5-6-10(16(18)19)7-13(9)17(20)21/h1-7,15H,8H2. The molecule has 0 fully saturated rings. The van der Waals surface area contributed by atoms with Crippen molar-refractivity contribution in [1.29, 1.82) is 0 Å². The lowest BCUT2D eigenvalue weighted by molar-refractivity contribution is -0.394. The van der Waals surface area contributed by atoms with E-state index >= 15 is 0 Å². The number of hydrogen-bond donors (Lipinski definition) is 1. The van der Waals surface area contributed by atoms with Crippen molar-refractivity contribution >= 4 is 39.7 Å². The highest BCUT2D eigenvalue weighted by Gasteiger charge is 2.19. The van der Waals surface area contributed by atoms with Crippen molar-refractivity contribution in [2.75, 3.05) is 5.32 Å². The van der Waals surface area contributed by atoms with Gasteiger partial charge in [0.25, 0.3) is 11.4 Å². The van der Waals surface area contributed by atoms with E-state index in [2.05, 4.69) is 27.9 Å². The molecule has 0 spiro atoms. The van der Waals surface area contributed by atoms with Crippen LogP contribution in [0.1, 0.15) is 5.56 Å². The number of halogens is 1. The summed E-state index contributed by atoms with van der Waals surface area (Å²) >= 11 is 2.15. The van der Waals surface area contributed by atoms with Crippen molar-refractivity contribution in [3.63, 3.8) is 0 Å². The molecule has 108 valence electrons. The minimum Gasteiger partial charge on any atom is -0.380 e. The second kappa shape index (κ2) is 6.48. The molecule has 0 bridgehead atoms. The third-order valence-corrected chi connectivity index (χ3v) is 3.76. The maximum absolute atomic E-state index is 11.0. The van der Waals surface area contributed by atoms with Gasteiger partial charge in [-0.3, -0.25) is 20.2 Å². The average molecular weight is 399 g/mol. The Hall–Kier alpha value is -2.23. The number of para-hydroxylation sites is 1. The number of rotatable bonds is 5. The summed E-state index contributed by atoms with van der Waals surface area (Å²) in [6, 6.07) is 11.2. The zero-order chi connectivity index (χ0) is 15.4. The average Bonchev–Trinajstić information content (AvgIpc) is 2.46. The van der Waals surface area contributed by atoms with E-state index < -0.39 is 9.85 Å². The predicted molar refractivity (Wildman–Crippen MR) is 86.2 cm³/mol. The molecule has 2 aromatic rings. The summed E-state index contributed by atoms with van der Waals surface area (Å²) in [5, 5.41) is 24.8. The summed E-state index contributed by atoms with van der Waals surface area (Å²) < 4.78 is 0.986. The Morgan fingerprint density at radius 1 is 1.05 bits per heavy atom. The van der Waals surface area contributed by atoms with Crippen LogP contribution < -0.4 is 5.32 Å². The highest BCUT2D eigenvalue weighted by atomic mass is 127. The normalized spacial score (nSPS) is 10.1. The molecular weight excluding hydrogens is 389 g/mol. The number of non-ortho nitro benzene ring substituents is 1. The number of anilines is 1. The highest BCUT2D eigenvalue weighted by Crippen LogP contribution is 2.26. The first-order valence-electron chi connectivity index (χ1n) is 5.89. The Kier molecular flexibility index (Phi) is 4.68. The van der Waals surface area contributed by atoms with Gasteiger partial charge in [0, 0.05) is 27.4 Å². The van der Waals surface area contributed by atoms with Gasteiger partial charge in [-0.05, 0) is 40.8 Å². The van der Waals surface area contributed by atoms with Gasteiger partial charge in [-0.2, -0.15) is 0 Å². The van der Waals surface area contributed by atoms with Gasteiger partial charge in [0.2, 0.25) is 0 Å². The van der Waals surface area contributed by atoms with Gasteiger partial charge in [-0.1, -0.05) is 12.1 Å². The van der Waals surface area contributed by atoms with Crippen molar-refractivity contribution in [3.05, 3.63) is 71.8 Å². The fourth-order valence-electron chi connectivity index (χ4n) is 1.78. The van der Waals surface area contributed by atoms with E-state index in [1.807, 2.05) is 24.3 Å². The van der Waals surface area contributed by atoms with E-state index in [1.54, 1.807) is 0 Å². The fraction of sp³-hybridized carbons (Fsp3) is 0.0769. The van der Waals surface area contributed by atoms with Crippen LogP contribution >= 0.6 is 22.6 Å². The first-order chi connectivity index (χ1) is 9.99. The molecule has 0 atom stereocenters. The first kappa shape index (κ1) is 15.2. The molecule has 0 saturated carbocycles. The molecule has 0 heterocycles. The van der Waals surface area contributed by atoms with Crippen LogP contribution in [0.15, 0.2) is 42.5 Å². The lowest BCUT2D eigenvalue weighted by Crippen LogP contribution is -2.04. The molecule has 2 rings (SSSR count). The number of nitrogens with one attached hydrogen (secondary N) is 1. The second-order valence-electron chi connectivity index (χ2n) is 4.16. The van der Waals surface area contributed by atoms with E-state index in [1.165, 1.54) is 12.1 Å². The first-order valence-corrected chi connectivity index (χ1v) is 6.97. The monoisotopic (exact) mass is 399 g/mol. The Morgan fingerprint density at radius 2 is 1.76 bits per heavy atom. The van der Waals surface area contributed by atoms with Crippen molar-refractivity contribution in [2.24, 2.45) is 0 Å². The van der Waals surface area contributed by atoms with Gasteiger partial charge in [0.1, 0.15) is 0 Å². The van der Waals surface area contributed by atoms with E-state index in [0.29, 0.717) is 5.56 Å². The summed E-state index contributed by atoms with van der Waals surface area (Å²) in [6.45, 7) is 0.217.